The zero-order chi connectivity index (χ0) is 17.3. The lowest BCUT2D eigenvalue weighted by Crippen LogP contribution is -2.49. The quantitative estimate of drug-likeness (QED) is 0.854. The number of carbonyl (C=O) groups excluding carboxylic acids is 1. The molecule has 0 aliphatic carbocycles. The Labute approximate surface area is 138 Å². The highest BCUT2D eigenvalue weighted by atomic mass is 19.2. The molecule has 1 atom stereocenters. The molecule has 1 aromatic carbocycles. The second kappa shape index (κ2) is 6.64. The zero-order valence-electron chi connectivity index (χ0n) is 13.5. The normalized spacial score (nSPS) is 18.8. The van der Waals surface area contributed by atoms with Crippen molar-refractivity contribution in [3.05, 3.63) is 47.1 Å². The van der Waals surface area contributed by atoms with Crippen LogP contribution in [-0.2, 0) is 11.2 Å². The molecule has 1 amide bonds. The van der Waals surface area contributed by atoms with Crippen LogP contribution in [0.5, 0.6) is 0 Å². The third-order valence-electron chi connectivity index (χ3n) is 4.20. The molecule has 1 fully saturated rings. The van der Waals surface area contributed by atoms with E-state index in [1.165, 1.54) is 12.1 Å². The zero-order valence-corrected chi connectivity index (χ0v) is 13.5. The summed E-state index contributed by atoms with van der Waals surface area (Å²) in [5.74, 6) is -1.19. The van der Waals surface area contributed by atoms with E-state index in [2.05, 4.69) is 10.1 Å². The summed E-state index contributed by atoms with van der Waals surface area (Å²) in [6, 6.07) is 3.65. The van der Waals surface area contributed by atoms with Gasteiger partial charge in [0, 0.05) is 25.2 Å². The summed E-state index contributed by atoms with van der Waals surface area (Å²) in [5, 5.41) is 3.78. The van der Waals surface area contributed by atoms with Gasteiger partial charge in [-0.05, 0) is 20.0 Å². The predicted molar refractivity (Wildman–Crippen MR) is 81.0 cm³/mol. The smallest absolute Gasteiger partial charge is 0.245 e. The highest BCUT2D eigenvalue weighted by Gasteiger charge is 2.32. The van der Waals surface area contributed by atoms with Gasteiger partial charge in [0.15, 0.2) is 17.5 Å². The molecule has 1 saturated heterocycles. The maximum atomic E-state index is 13.7. The molecule has 0 radical (unpaired) electrons. The van der Waals surface area contributed by atoms with Gasteiger partial charge in [-0.1, -0.05) is 17.3 Å². The van der Waals surface area contributed by atoms with Gasteiger partial charge in [0.2, 0.25) is 11.8 Å². The highest BCUT2D eigenvalue weighted by Crippen LogP contribution is 2.23. The van der Waals surface area contributed by atoms with Gasteiger partial charge in [-0.2, -0.15) is 4.98 Å². The number of halogens is 2. The van der Waals surface area contributed by atoms with Crippen molar-refractivity contribution in [2.45, 2.75) is 19.4 Å². The number of carbonyl (C=O) groups is 1. The van der Waals surface area contributed by atoms with E-state index in [1.807, 2.05) is 11.9 Å². The first-order valence-electron chi connectivity index (χ1n) is 7.67. The van der Waals surface area contributed by atoms with Gasteiger partial charge in [0.05, 0.1) is 6.42 Å². The monoisotopic (exact) mass is 336 g/mol. The number of amides is 1. The lowest BCUT2D eigenvalue weighted by atomic mass is 10.1. The predicted octanol–water partition coefficient (Wildman–Crippen LogP) is 1.71. The SMILES string of the molecule is Cc1noc([C@H]2CN(C(=O)Cc3cccc(F)c3F)CCN2C)n1. The summed E-state index contributed by atoms with van der Waals surface area (Å²) in [7, 11) is 1.91. The fraction of sp³-hybridized carbons (Fsp3) is 0.438. The first-order valence-corrected chi connectivity index (χ1v) is 7.67. The van der Waals surface area contributed by atoms with E-state index >= 15 is 0 Å². The molecule has 8 heteroatoms. The maximum absolute atomic E-state index is 13.7. The number of benzene rings is 1. The highest BCUT2D eigenvalue weighted by molar-refractivity contribution is 5.79. The van der Waals surface area contributed by atoms with Gasteiger partial charge in [-0.3, -0.25) is 9.69 Å². The third-order valence-corrected chi connectivity index (χ3v) is 4.20. The van der Waals surface area contributed by atoms with E-state index in [0.29, 0.717) is 31.3 Å². The van der Waals surface area contributed by atoms with Crippen molar-refractivity contribution in [1.29, 1.82) is 0 Å². The molecule has 24 heavy (non-hydrogen) atoms. The van der Waals surface area contributed by atoms with Gasteiger partial charge in [-0.25, -0.2) is 8.78 Å². The fourth-order valence-corrected chi connectivity index (χ4v) is 2.78. The minimum atomic E-state index is -0.968. The van der Waals surface area contributed by atoms with E-state index < -0.39 is 11.6 Å². The Hall–Kier alpha value is -2.35. The van der Waals surface area contributed by atoms with E-state index in [1.54, 1.807) is 11.8 Å². The van der Waals surface area contributed by atoms with Crippen molar-refractivity contribution >= 4 is 5.91 Å². The van der Waals surface area contributed by atoms with Crippen molar-refractivity contribution < 1.29 is 18.1 Å². The number of piperazine rings is 1. The van der Waals surface area contributed by atoms with Crippen molar-refractivity contribution in [3.8, 4) is 0 Å². The Morgan fingerprint density at radius 3 is 2.88 bits per heavy atom. The number of nitrogens with zero attached hydrogens (tertiary/aromatic N) is 4. The van der Waals surface area contributed by atoms with E-state index in [4.69, 9.17) is 4.52 Å². The van der Waals surface area contributed by atoms with Gasteiger partial charge >= 0.3 is 0 Å². The number of rotatable bonds is 3. The van der Waals surface area contributed by atoms with Crippen LogP contribution in [0.3, 0.4) is 0 Å². The van der Waals surface area contributed by atoms with Crippen molar-refractivity contribution in [1.82, 2.24) is 19.9 Å². The van der Waals surface area contributed by atoms with Crippen LogP contribution in [0.15, 0.2) is 22.7 Å². The maximum Gasteiger partial charge on any atom is 0.245 e. The fourth-order valence-electron chi connectivity index (χ4n) is 2.78. The second-order valence-corrected chi connectivity index (χ2v) is 5.91. The molecule has 1 aromatic heterocycles. The molecule has 6 nitrogen and oxygen atoms in total. The van der Waals surface area contributed by atoms with Gasteiger partial charge in [-0.15, -0.1) is 0 Å². The first-order chi connectivity index (χ1) is 11.5. The number of hydrogen-bond acceptors (Lipinski definition) is 5. The van der Waals surface area contributed by atoms with Crippen LogP contribution in [0, 0.1) is 18.6 Å². The lowest BCUT2D eigenvalue weighted by Gasteiger charge is -2.37. The molecular weight excluding hydrogens is 318 g/mol. The minimum Gasteiger partial charge on any atom is -0.339 e. The molecule has 0 bridgehead atoms. The molecule has 2 aromatic rings. The van der Waals surface area contributed by atoms with Crippen molar-refractivity contribution in [3.63, 3.8) is 0 Å². The number of likely N-dealkylation sites (N-methyl/N-ethyl adjacent to an activating group) is 1. The van der Waals surface area contributed by atoms with Crippen LogP contribution in [-0.4, -0.2) is 52.5 Å². The Bertz CT molecular complexity index is 749. The van der Waals surface area contributed by atoms with Crippen LogP contribution in [0.2, 0.25) is 0 Å². The standard InChI is InChI=1S/C16H18F2N4O2/c1-10-19-16(24-20-10)13-9-22(7-6-21(13)2)14(23)8-11-4-3-5-12(17)15(11)18/h3-5,13H,6-9H2,1-2H3/t13-/m1/s1. The third kappa shape index (κ3) is 3.28. The molecule has 0 saturated carbocycles. The van der Waals surface area contributed by atoms with E-state index in [9.17, 15) is 13.6 Å². The molecule has 128 valence electrons. The molecule has 3 rings (SSSR count). The minimum absolute atomic E-state index is 0.0594. The summed E-state index contributed by atoms with van der Waals surface area (Å²) in [4.78, 5) is 20.3. The summed E-state index contributed by atoms with van der Waals surface area (Å²) in [6.07, 6.45) is -0.178. The number of hydrogen-bond donors (Lipinski definition) is 0. The first kappa shape index (κ1) is 16.5. The van der Waals surface area contributed by atoms with Crippen LogP contribution in [0.25, 0.3) is 0 Å². The van der Waals surface area contributed by atoms with Gasteiger partial charge in [0.1, 0.15) is 6.04 Å². The van der Waals surface area contributed by atoms with Crippen LogP contribution >= 0.6 is 0 Å². The van der Waals surface area contributed by atoms with Crippen LogP contribution < -0.4 is 0 Å². The Morgan fingerprint density at radius 2 is 2.17 bits per heavy atom. The second-order valence-electron chi connectivity index (χ2n) is 5.91. The summed E-state index contributed by atoms with van der Waals surface area (Å²) >= 11 is 0. The topological polar surface area (TPSA) is 62.5 Å². The van der Waals surface area contributed by atoms with E-state index in [-0.39, 0.29) is 23.9 Å². The molecule has 2 heterocycles. The molecule has 0 unspecified atom stereocenters. The van der Waals surface area contributed by atoms with Crippen LogP contribution in [0.4, 0.5) is 8.78 Å². The Balaban J connectivity index is 1.72. The van der Waals surface area contributed by atoms with Gasteiger partial charge in [0.25, 0.3) is 0 Å². The molecule has 0 spiro atoms. The lowest BCUT2D eigenvalue weighted by molar-refractivity contribution is -0.133. The summed E-state index contributed by atoms with van der Waals surface area (Å²) < 4.78 is 32.2. The number of aryl methyl sites for hydroxylation is 1. The van der Waals surface area contributed by atoms with E-state index in [0.717, 1.165) is 6.07 Å². The molecule has 1 aliphatic rings. The number of aromatic nitrogens is 2. The van der Waals surface area contributed by atoms with Crippen molar-refractivity contribution in [2.75, 3.05) is 26.7 Å². The average molecular weight is 336 g/mol. The largest absolute Gasteiger partial charge is 0.339 e. The summed E-state index contributed by atoms with van der Waals surface area (Å²) in [5.41, 5.74) is 0.0594. The Kier molecular flexibility index (Phi) is 4.57. The molecule has 1 aliphatic heterocycles. The van der Waals surface area contributed by atoms with Crippen molar-refractivity contribution in [2.24, 2.45) is 0 Å². The molecule has 0 N–H and O–H groups in total. The van der Waals surface area contributed by atoms with Gasteiger partial charge < -0.3 is 9.42 Å². The average Bonchev–Trinajstić information content (AvgIpc) is 2.98. The summed E-state index contributed by atoms with van der Waals surface area (Å²) in [6.45, 7) is 3.23. The van der Waals surface area contributed by atoms with Crippen LogP contribution in [0.1, 0.15) is 23.3 Å². The molecular formula is C16H18F2N4O2. The Morgan fingerprint density at radius 1 is 1.38 bits per heavy atom.